The Balaban J connectivity index is 2.03. The molecular formula is C21H18Cl2N2O2. The summed E-state index contributed by atoms with van der Waals surface area (Å²) in [5.74, 6) is -0.119. The molecule has 138 valence electrons. The van der Waals surface area contributed by atoms with Crippen molar-refractivity contribution >= 4 is 46.3 Å². The lowest BCUT2D eigenvalue weighted by atomic mass is 9.86. The first kappa shape index (κ1) is 18.1. The lowest BCUT2D eigenvalue weighted by Gasteiger charge is -2.33. The van der Waals surface area contributed by atoms with E-state index < -0.39 is 6.04 Å². The predicted molar refractivity (Wildman–Crippen MR) is 108 cm³/mol. The van der Waals surface area contributed by atoms with E-state index in [9.17, 15) is 9.59 Å². The van der Waals surface area contributed by atoms with Crippen LogP contribution in [0.3, 0.4) is 0 Å². The van der Waals surface area contributed by atoms with Crippen molar-refractivity contribution in [1.82, 2.24) is 0 Å². The van der Waals surface area contributed by atoms with E-state index in [0.29, 0.717) is 27.6 Å². The van der Waals surface area contributed by atoms with Crippen LogP contribution in [0.25, 0.3) is 0 Å². The summed E-state index contributed by atoms with van der Waals surface area (Å²) in [7, 11) is 0. The molecule has 27 heavy (non-hydrogen) atoms. The van der Waals surface area contributed by atoms with E-state index in [2.05, 4.69) is 5.32 Å². The highest BCUT2D eigenvalue weighted by Crippen LogP contribution is 2.46. The van der Waals surface area contributed by atoms with Crippen molar-refractivity contribution in [2.24, 2.45) is 0 Å². The summed E-state index contributed by atoms with van der Waals surface area (Å²) in [4.78, 5) is 27.4. The molecule has 4 rings (SSSR count). The highest BCUT2D eigenvalue weighted by molar-refractivity contribution is 6.35. The van der Waals surface area contributed by atoms with E-state index in [0.717, 1.165) is 29.9 Å². The minimum absolute atomic E-state index is 0.0406. The zero-order chi connectivity index (χ0) is 19.1. The van der Waals surface area contributed by atoms with Crippen LogP contribution in [-0.2, 0) is 9.59 Å². The monoisotopic (exact) mass is 400 g/mol. The maximum absolute atomic E-state index is 13.0. The third kappa shape index (κ3) is 3.13. The number of nitrogens with zero attached hydrogens (tertiary/aromatic N) is 1. The average molecular weight is 401 g/mol. The first-order valence-corrected chi connectivity index (χ1v) is 9.60. The van der Waals surface area contributed by atoms with Gasteiger partial charge in [-0.25, -0.2) is 0 Å². The van der Waals surface area contributed by atoms with Crippen LogP contribution in [0, 0.1) is 0 Å². The van der Waals surface area contributed by atoms with Crippen molar-refractivity contribution in [2.45, 2.75) is 32.2 Å². The average Bonchev–Trinajstić information content (AvgIpc) is 2.76. The lowest BCUT2D eigenvalue weighted by molar-refractivity contribution is -0.117. The van der Waals surface area contributed by atoms with Crippen molar-refractivity contribution in [3.63, 3.8) is 0 Å². The van der Waals surface area contributed by atoms with Crippen LogP contribution in [0.2, 0.25) is 10.0 Å². The Labute approximate surface area is 167 Å². The SMILES string of the molecule is CC(=O)N1c2ccccc2NC2=C(C(=O)CCC2)C1c1ccc(Cl)cc1Cl. The zero-order valence-electron chi connectivity index (χ0n) is 14.8. The smallest absolute Gasteiger partial charge is 0.224 e. The topological polar surface area (TPSA) is 49.4 Å². The fourth-order valence-corrected chi connectivity index (χ4v) is 4.41. The number of nitrogens with one attached hydrogen (secondary N) is 1. The number of halogens is 2. The number of hydrogen-bond donors (Lipinski definition) is 1. The molecule has 1 aliphatic heterocycles. The van der Waals surface area contributed by atoms with Gasteiger partial charge < -0.3 is 5.32 Å². The van der Waals surface area contributed by atoms with Gasteiger partial charge in [-0.05, 0) is 42.7 Å². The number of rotatable bonds is 1. The van der Waals surface area contributed by atoms with Crippen LogP contribution >= 0.6 is 23.2 Å². The Morgan fingerprint density at radius 2 is 1.93 bits per heavy atom. The third-order valence-electron chi connectivity index (χ3n) is 5.03. The Kier molecular flexibility index (Phi) is 4.70. The van der Waals surface area contributed by atoms with Crippen LogP contribution < -0.4 is 10.2 Å². The molecule has 0 saturated carbocycles. The first-order chi connectivity index (χ1) is 13.0. The summed E-state index contributed by atoms with van der Waals surface area (Å²) in [6.07, 6.45) is 2.00. The van der Waals surface area contributed by atoms with E-state index in [1.54, 1.807) is 23.1 Å². The first-order valence-electron chi connectivity index (χ1n) is 8.84. The Morgan fingerprint density at radius 1 is 1.15 bits per heavy atom. The van der Waals surface area contributed by atoms with Gasteiger partial charge in [0.15, 0.2) is 5.78 Å². The van der Waals surface area contributed by atoms with Crippen molar-refractivity contribution in [1.29, 1.82) is 0 Å². The van der Waals surface area contributed by atoms with Gasteiger partial charge in [-0.15, -0.1) is 0 Å². The molecule has 1 unspecified atom stereocenters. The van der Waals surface area contributed by atoms with Crippen LogP contribution in [0.5, 0.6) is 0 Å². The molecule has 0 bridgehead atoms. The van der Waals surface area contributed by atoms with E-state index in [1.807, 2.05) is 24.3 Å². The highest BCUT2D eigenvalue weighted by Gasteiger charge is 2.39. The van der Waals surface area contributed by atoms with Gasteiger partial charge in [0, 0.05) is 34.7 Å². The van der Waals surface area contributed by atoms with Crippen molar-refractivity contribution in [2.75, 3.05) is 10.2 Å². The Bertz CT molecular complexity index is 984. The largest absolute Gasteiger partial charge is 0.357 e. The van der Waals surface area contributed by atoms with Crippen molar-refractivity contribution < 1.29 is 9.59 Å². The number of ketones is 1. The maximum Gasteiger partial charge on any atom is 0.224 e. The molecule has 0 fully saturated rings. The minimum atomic E-state index is -0.591. The Morgan fingerprint density at radius 3 is 2.67 bits per heavy atom. The quantitative estimate of drug-likeness (QED) is 0.685. The third-order valence-corrected chi connectivity index (χ3v) is 5.60. The molecule has 2 aliphatic rings. The van der Waals surface area contributed by atoms with Gasteiger partial charge in [0.25, 0.3) is 0 Å². The fraction of sp³-hybridized carbons (Fsp3) is 0.238. The second-order valence-electron chi connectivity index (χ2n) is 6.77. The molecule has 6 heteroatoms. The number of hydrogen-bond acceptors (Lipinski definition) is 3. The van der Waals surface area contributed by atoms with Gasteiger partial charge in [-0.1, -0.05) is 41.4 Å². The summed E-state index contributed by atoms with van der Waals surface area (Å²) in [5.41, 5.74) is 3.69. The van der Waals surface area contributed by atoms with Gasteiger partial charge >= 0.3 is 0 Å². The second kappa shape index (κ2) is 7.02. The molecule has 1 N–H and O–H groups in total. The molecule has 1 atom stereocenters. The predicted octanol–water partition coefficient (Wildman–Crippen LogP) is 5.52. The molecule has 1 amide bonds. The lowest BCUT2D eigenvalue weighted by Crippen LogP contribution is -2.36. The van der Waals surface area contributed by atoms with E-state index in [4.69, 9.17) is 23.2 Å². The number of carbonyl (C=O) groups excluding carboxylic acids is 2. The van der Waals surface area contributed by atoms with Gasteiger partial charge in [0.2, 0.25) is 5.91 Å². The summed E-state index contributed by atoms with van der Waals surface area (Å²) in [6, 6.07) is 12.2. The van der Waals surface area contributed by atoms with E-state index in [-0.39, 0.29) is 11.7 Å². The molecule has 2 aromatic rings. The molecular weight excluding hydrogens is 383 g/mol. The number of benzene rings is 2. The van der Waals surface area contributed by atoms with E-state index >= 15 is 0 Å². The number of anilines is 2. The number of para-hydroxylation sites is 2. The molecule has 1 heterocycles. The zero-order valence-corrected chi connectivity index (χ0v) is 16.3. The van der Waals surface area contributed by atoms with Crippen molar-refractivity contribution in [3.05, 3.63) is 69.3 Å². The molecule has 1 aliphatic carbocycles. The number of amides is 1. The Hall–Kier alpha value is -2.30. The molecule has 2 aromatic carbocycles. The van der Waals surface area contributed by atoms with Gasteiger partial charge in [0.1, 0.15) is 0 Å². The van der Waals surface area contributed by atoms with Crippen molar-refractivity contribution in [3.8, 4) is 0 Å². The number of Topliss-reactive ketones (excluding diaryl/α,β-unsaturated/α-hetero) is 1. The maximum atomic E-state index is 13.0. The number of carbonyl (C=O) groups is 2. The van der Waals surface area contributed by atoms with Gasteiger partial charge in [-0.3, -0.25) is 14.5 Å². The van der Waals surface area contributed by atoms with Crippen LogP contribution in [0.1, 0.15) is 37.8 Å². The molecule has 0 spiro atoms. The molecule has 0 aromatic heterocycles. The fourth-order valence-electron chi connectivity index (χ4n) is 3.90. The summed E-state index contributed by atoms with van der Waals surface area (Å²) in [6.45, 7) is 1.51. The highest BCUT2D eigenvalue weighted by atomic mass is 35.5. The summed E-state index contributed by atoms with van der Waals surface area (Å²) < 4.78 is 0. The number of allylic oxidation sites excluding steroid dienone is 1. The van der Waals surface area contributed by atoms with Gasteiger partial charge in [-0.2, -0.15) is 0 Å². The van der Waals surface area contributed by atoms with Crippen LogP contribution in [0.4, 0.5) is 11.4 Å². The van der Waals surface area contributed by atoms with E-state index in [1.165, 1.54) is 6.92 Å². The molecule has 4 nitrogen and oxygen atoms in total. The number of fused-ring (bicyclic) bond motifs is 1. The standard InChI is InChI=1S/C21H18Cl2N2O2/c1-12(26)25-18-7-3-2-5-16(18)24-17-6-4-8-19(27)20(17)21(25)14-10-9-13(22)11-15(14)23/h2-3,5,7,9-11,21,24H,4,6,8H2,1H3. The molecule has 0 saturated heterocycles. The summed E-state index contributed by atoms with van der Waals surface area (Å²) in [5, 5.41) is 4.35. The normalized spacial score (nSPS) is 19.1. The van der Waals surface area contributed by atoms with Crippen LogP contribution in [-0.4, -0.2) is 11.7 Å². The van der Waals surface area contributed by atoms with Crippen LogP contribution in [0.15, 0.2) is 53.7 Å². The molecule has 0 radical (unpaired) electrons. The second-order valence-corrected chi connectivity index (χ2v) is 7.61. The van der Waals surface area contributed by atoms with Gasteiger partial charge in [0.05, 0.1) is 17.4 Å². The summed E-state index contributed by atoms with van der Waals surface area (Å²) >= 11 is 12.6. The minimum Gasteiger partial charge on any atom is -0.357 e.